The largest absolute Gasteiger partial charge is 0.467 e. The van der Waals surface area contributed by atoms with Crippen molar-refractivity contribution in [2.24, 2.45) is 0 Å². The average Bonchev–Trinajstić information content (AvgIpc) is 3.53. The standard InChI is InChI=1S/C24H16F5N5O4S/c1-37-22-32-18-10(21(33-22)34-7-8-4-14(34)24(35,36)38-8)5-12(23(27,28)29)16(17(18)26)9-2-3-13(25)19-15(9)11(6-30)20(31)39-19/h2-3,5,8,14,35-36H,4,7,31H2,1H3. The number of methoxy groups -OCH3 is 1. The van der Waals surface area contributed by atoms with Crippen LogP contribution in [0.3, 0.4) is 0 Å². The molecule has 9 nitrogen and oxygen atoms in total. The van der Waals surface area contributed by atoms with Gasteiger partial charge in [-0.2, -0.15) is 28.4 Å². The molecule has 2 unspecified atom stereocenters. The number of fused-ring (bicyclic) bond motifs is 4. The summed E-state index contributed by atoms with van der Waals surface area (Å²) >= 11 is 0.659. The number of nitrogen functional groups attached to an aromatic ring is 1. The minimum atomic E-state index is -5.12. The second-order valence-corrected chi connectivity index (χ2v) is 10.1. The highest BCUT2D eigenvalue weighted by molar-refractivity contribution is 7.23. The minimum absolute atomic E-state index is 0.0336. The number of aliphatic hydroxyl groups is 2. The molecule has 6 rings (SSSR count). The Hall–Kier alpha value is -3.84. The molecule has 2 fully saturated rings. The Bertz CT molecular complexity index is 1730. The molecule has 2 aliphatic heterocycles. The van der Waals surface area contributed by atoms with Gasteiger partial charge in [-0.25, -0.2) is 8.78 Å². The number of hydrogen-bond donors (Lipinski definition) is 3. The summed E-state index contributed by atoms with van der Waals surface area (Å²) in [7, 11) is 1.17. The molecule has 2 aromatic heterocycles. The number of rotatable bonds is 3. The van der Waals surface area contributed by atoms with Gasteiger partial charge in [-0.05, 0) is 17.7 Å². The van der Waals surface area contributed by atoms with E-state index >= 15 is 4.39 Å². The number of morpholine rings is 1. The molecule has 0 radical (unpaired) electrons. The van der Waals surface area contributed by atoms with Gasteiger partial charge in [0.25, 0.3) is 5.97 Å². The normalized spacial score (nSPS) is 20.2. The second-order valence-electron chi connectivity index (χ2n) is 9.10. The summed E-state index contributed by atoms with van der Waals surface area (Å²) in [5.41, 5.74) is 2.17. The molecule has 39 heavy (non-hydrogen) atoms. The van der Waals surface area contributed by atoms with E-state index in [2.05, 4.69) is 9.97 Å². The first kappa shape index (κ1) is 25.4. The number of halogens is 5. The van der Waals surface area contributed by atoms with Crippen molar-refractivity contribution in [3.8, 4) is 23.2 Å². The molecule has 0 saturated carbocycles. The molecule has 2 saturated heterocycles. The van der Waals surface area contributed by atoms with E-state index in [1.54, 1.807) is 6.07 Å². The molecule has 4 heterocycles. The Morgan fingerprint density at radius 3 is 2.64 bits per heavy atom. The van der Waals surface area contributed by atoms with E-state index in [-0.39, 0.29) is 44.8 Å². The number of alkyl halides is 3. The predicted molar refractivity (Wildman–Crippen MR) is 129 cm³/mol. The van der Waals surface area contributed by atoms with Crippen LogP contribution in [0.2, 0.25) is 0 Å². The predicted octanol–water partition coefficient (Wildman–Crippen LogP) is 3.89. The molecular formula is C24H16F5N5O4S. The number of ether oxygens (including phenoxy) is 2. The minimum Gasteiger partial charge on any atom is -0.467 e. The fourth-order valence-electron chi connectivity index (χ4n) is 5.29. The lowest BCUT2D eigenvalue weighted by molar-refractivity contribution is -0.339. The summed E-state index contributed by atoms with van der Waals surface area (Å²) in [5, 5.41) is 29.3. The maximum Gasteiger partial charge on any atom is 0.417 e. The van der Waals surface area contributed by atoms with Gasteiger partial charge in [0.2, 0.25) is 0 Å². The number of benzene rings is 2. The number of anilines is 2. The lowest BCUT2D eigenvalue weighted by atomic mass is 9.92. The van der Waals surface area contributed by atoms with Crippen LogP contribution in [-0.4, -0.2) is 52.0 Å². The molecule has 4 aromatic rings. The van der Waals surface area contributed by atoms with Crippen LogP contribution in [0.5, 0.6) is 6.01 Å². The van der Waals surface area contributed by atoms with Crippen LogP contribution in [0.4, 0.5) is 32.8 Å². The number of aromatic nitrogens is 2. The van der Waals surface area contributed by atoms with E-state index in [4.69, 9.17) is 15.2 Å². The van der Waals surface area contributed by atoms with Crippen LogP contribution in [0.25, 0.3) is 32.1 Å². The monoisotopic (exact) mass is 565 g/mol. The highest BCUT2D eigenvalue weighted by Gasteiger charge is 2.56. The number of hydrogen-bond acceptors (Lipinski definition) is 10. The Kier molecular flexibility index (Phi) is 5.43. The van der Waals surface area contributed by atoms with Gasteiger partial charge in [0.05, 0.1) is 29.0 Å². The molecule has 202 valence electrons. The van der Waals surface area contributed by atoms with Crippen LogP contribution in [-0.2, 0) is 10.9 Å². The lowest BCUT2D eigenvalue weighted by Crippen LogP contribution is -2.53. The first-order valence-corrected chi connectivity index (χ1v) is 12.1. The molecule has 2 bridgehead atoms. The Balaban J connectivity index is 1.71. The number of thiophene rings is 1. The van der Waals surface area contributed by atoms with Gasteiger partial charge in [0.1, 0.15) is 34.3 Å². The van der Waals surface area contributed by atoms with Crippen molar-refractivity contribution in [1.82, 2.24) is 9.97 Å². The Morgan fingerprint density at radius 2 is 2.03 bits per heavy atom. The van der Waals surface area contributed by atoms with Crippen molar-refractivity contribution in [2.75, 3.05) is 24.3 Å². The highest BCUT2D eigenvalue weighted by Crippen LogP contribution is 2.49. The topological polar surface area (TPSA) is 138 Å². The van der Waals surface area contributed by atoms with Crippen LogP contribution >= 0.6 is 11.3 Å². The van der Waals surface area contributed by atoms with Crippen molar-refractivity contribution in [3.05, 3.63) is 41.0 Å². The lowest BCUT2D eigenvalue weighted by Gasteiger charge is -2.36. The van der Waals surface area contributed by atoms with Gasteiger partial charge >= 0.3 is 12.2 Å². The molecule has 15 heteroatoms. The van der Waals surface area contributed by atoms with E-state index < -0.39 is 64.1 Å². The van der Waals surface area contributed by atoms with E-state index in [0.717, 1.165) is 12.1 Å². The van der Waals surface area contributed by atoms with Crippen molar-refractivity contribution in [2.45, 2.75) is 30.7 Å². The van der Waals surface area contributed by atoms with Gasteiger partial charge in [0, 0.05) is 29.3 Å². The summed E-state index contributed by atoms with van der Waals surface area (Å²) in [6, 6.07) is 2.72. The summed E-state index contributed by atoms with van der Waals surface area (Å²) in [4.78, 5) is 9.39. The summed E-state index contributed by atoms with van der Waals surface area (Å²) < 4.78 is 84.5. The van der Waals surface area contributed by atoms with Crippen LogP contribution < -0.4 is 15.4 Å². The van der Waals surface area contributed by atoms with Gasteiger partial charge in [-0.15, -0.1) is 11.3 Å². The second kappa shape index (κ2) is 8.33. The van der Waals surface area contributed by atoms with Gasteiger partial charge in [0.15, 0.2) is 5.82 Å². The maximum atomic E-state index is 16.3. The number of nitrogens with two attached hydrogens (primary N) is 1. The zero-order valence-corrected chi connectivity index (χ0v) is 20.5. The highest BCUT2D eigenvalue weighted by atomic mass is 32.1. The zero-order chi connectivity index (χ0) is 28.0. The zero-order valence-electron chi connectivity index (χ0n) is 19.7. The first-order chi connectivity index (χ1) is 18.4. The fourth-order valence-corrected chi connectivity index (χ4v) is 6.24. The third-order valence-electron chi connectivity index (χ3n) is 6.89. The SMILES string of the molecule is COc1nc(N2CC3CC2C(O)(O)O3)c2cc(C(F)(F)F)c(-c3ccc(F)c4sc(N)c(C#N)c34)c(F)c2n1. The quantitative estimate of drug-likeness (QED) is 0.250. The van der Waals surface area contributed by atoms with Crippen molar-refractivity contribution >= 4 is 43.1 Å². The van der Waals surface area contributed by atoms with Gasteiger partial charge < -0.3 is 30.3 Å². The Labute approximate surface area is 219 Å². The van der Waals surface area contributed by atoms with Crippen molar-refractivity contribution in [1.29, 1.82) is 5.26 Å². The number of nitrogens with zero attached hydrogens (tertiary/aromatic N) is 4. The molecular weight excluding hydrogens is 549 g/mol. The Morgan fingerprint density at radius 1 is 1.28 bits per heavy atom. The maximum absolute atomic E-state index is 16.3. The van der Waals surface area contributed by atoms with Crippen molar-refractivity contribution < 1.29 is 41.6 Å². The molecule has 2 aliphatic rings. The fraction of sp³-hybridized carbons (Fsp3) is 0.292. The first-order valence-electron chi connectivity index (χ1n) is 11.3. The summed E-state index contributed by atoms with van der Waals surface area (Å²) in [6.07, 6.45) is -5.65. The van der Waals surface area contributed by atoms with Gasteiger partial charge in [-0.1, -0.05) is 6.07 Å². The van der Waals surface area contributed by atoms with E-state index in [1.807, 2.05) is 0 Å². The van der Waals surface area contributed by atoms with Crippen LogP contribution in [0, 0.1) is 23.0 Å². The van der Waals surface area contributed by atoms with Crippen LogP contribution in [0.15, 0.2) is 18.2 Å². The van der Waals surface area contributed by atoms with E-state index in [0.29, 0.717) is 17.4 Å². The molecule has 0 aliphatic carbocycles. The average molecular weight is 565 g/mol. The summed E-state index contributed by atoms with van der Waals surface area (Å²) in [5.74, 6) is -5.10. The van der Waals surface area contributed by atoms with Crippen molar-refractivity contribution in [3.63, 3.8) is 0 Å². The van der Waals surface area contributed by atoms with E-state index in [9.17, 15) is 33.0 Å². The van der Waals surface area contributed by atoms with E-state index in [1.165, 1.54) is 12.0 Å². The summed E-state index contributed by atoms with van der Waals surface area (Å²) in [6.45, 7) is 0.0336. The number of nitriles is 1. The molecule has 0 spiro atoms. The third kappa shape index (κ3) is 3.67. The molecule has 2 atom stereocenters. The van der Waals surface area contributed by atoms with Gasteiger partial charge in [-0.3, -0.25) is 0 Å². The third-order valence-corrected chi connectivity index (χ3v) is 7.91. The smallest absolute Gasteiger partial charge is 0.417 e. The van der Waals surface area contributed by atoms with Crippen LogP contribution in [0.1, 0.15) is 17.5 Å². The molecule has 0 amide bonds. The molecule has 4 N–H and O–H groups in total. The molecule has 2 aromatic carbocycles.